The third-order valence-corrected chi connectivity index (χ3v) is 4.76. The highest BCUT2D eigenvalue weighted by atomic mass is 16.5. The van der Waals surface area contributed by atoms with Crippen LogP contribution >= 0.6 is 0 Å². The minimum Gasteiger partial charge on any atom is -0.381 e. The van der Waals surface area contributed by atoms with Crippen molar-refractivity contribution in [3.05, 3.63) is 66.0 Å². The summed E-state index contributed by atoms with van der Waals surface area (Å²) in [5.74, 6) is -0.138. The smallest absolute Gasteiger partial charge is 0.269 e. The van der Waals surface area contributed by atoms with Crippen LogP contribution < -0.4 is 10.6 Å². The van der Waals surface area contributed by atoms with Gasteiger partial charge in [-0.25, -0.2) is 0 Å². The number of carbonyl (C=O) groups excluding carboxylic acids is 1. The van der Waals surface area contributed by atoms with Gasteiger partial charge in [-0.2, -0.15) is 0 Å². The van der Waals surface area contributed by atoms with E-state index in [0.717, 1.165) is 12.8 Å². The molecule has 5 heteroatoms. The van der Waals surface area contributed by atoms with Crippen molar-refractivity contribution in [1.82, 2.24) is 15.6 Å². The molecule has 2 heterocycles. The van der Waals surface area contributed by atoms with Crippen LogP contribution in [0.4, 0.5) is 0 Å². The van der Waals surface area contributed by atoms with E-state index < -0.39 is 0 Å². The second-order valence-corrected chi connectivity index (χ2v) is 6.57. The molecule has 0 radical (unpaired) electrons. The molecule has 25 heavy (non-hydrogen) atoms. The Hall–Kier alpha value is -2.24. The predicted molar refractivity (Wildman–Crippen MR) is 97.3 cm³/mol. The summed E-state index contributed by atoms with van der Waals surface area (Å²) in [7, 11) is 0. The van der Waals surface area contributed by atoms with Gasteiger partial charge in [-0.15, -0.1) is 0 Å². The van der Waals surface area contributed by atoms with Crippen LogP contribution in [0.5, 0.6) is 0 Å². The van der Waals surface area contributed by atoms with E-state index in [-0.39, 0.29) is 17.5 Å². The highest BCUT2D eigenvalue weighted by molar-refractivity contribution is 5.92. The highest BCUT2D eigenvalue weighted by Crippen LogP contribution is 2.25. The van der Waals surface area contributed by atoms with E-state index in [1.54, 1.807) is 18.3 Å². The minimum absolute atomic E-state index is 0.138. The minimum atomic E-state index is -0.169. The SMILES string of the molecule is C[C@H](NC1(CNC(=O)c2ccccn2)CCOCC1)c1ccccc1. The van der Waals surface area contributed by atoms with E-state index in [2.05, 4.69) is 34.7 Å². The Morgan fingerprint density at radius 3 is 2.56 bits per heavy atom. The Bertz CT molecular complexity index is 670. The van der Waals surface area contributed by atoms with Gasteiger partial charge < -0.3 is 15.4 Å². The van der Waals surface area contributed by atoms with E-state index in [1.165, 1.54) is 5.56 Å². The summed E-state index contributed by atoms with van der Waals surface area (Å²) in [6, 6.07) is 15.9. The average Bonchev–Trinajstić information content (AvgIpc) is 2.68. The van der Waals surface area contributed by atoms with Crippen molar-refractivity contribution in [2.45, 2.75) is 31.3 Å². The first-order chi connectivity index (χ1) is 12.2. The van der Waals surface area contributed by atoms with Crippen LogP contribution in [0.3, 0.4) is 0 Å². The molecule has 1 atom stereocenters. The predicted octanol–water partition coefficient (Wildman–Crippen LogP) is 2.71. The summed E-state index contributed by atoms with van der Waals surface area (Å²) in [6.07, 6.45) is 3.37. The van der Waals surface area contributed by atoms with Gasteiger partial charge in [0.05, 0.1) is 0 Å². The topological polar surface area (TPSA) is 63.2 Å². The third-order valence-electron chi connectivity index (χ3n) is 4.76. The van der Waals surface area contributed by atoms with Gasteiger partial charge in [0.25, 0.3) is 5.91 Å². The van der Waals surface area contributed by atoms with Gasteiger partial charge in [-0.3, -0.25) is 9.78 Å². The Morgan fingerprint density at radius 2 is 1.88 bits per heavy atom. The molecule has 1 aliphatic heterocycles. The maximum absolute atomic E-state index is 12.4. The van der Waals surface area contributed by atoms with Gasteiger partial charge in [-0.05, 0) is 37.5 Å². The number of aromatic nitrogens is 1. The van der Waals surface area contributed by atoms with Crippen LogP contribution in [0.15, 0.2) is 54.7 Å². The number of hydrogen-bond acceptors (Lipinski definition) is 4. The number of nitrogens with one attached hydrogen (secondary N) is 2. The number of amides is 1. The lowest BCUT2D eigenvalue weighted by atomic mass is 9.88. The first kappa shape index (κ1) is 17.6. The molecule has 1 saturated heterocycles. The zero-order valence-electron chi connectivity index (χ0n) is 14.6. The molecule has 1 aromatic carbocycles. The highest BCUT2D eigenvalue weighted by Gasteiger charge is 2.34. The van der Waals surface area contributed by atoms with Gasteiger partial charge in [0, 0.05) is 37.5 Å². The lowest BCUT2D eigenvalue weighted by Crippen LogP contribution is -2.57. The molecule has 5 nitrogen and oxygen atoms in total. The van der Waals surface area contributed by atoms with E-state index in [1.807, 2.05) is 24.3 Å². The number of nitrogens with zero attached hydrogens (tertiary/aromatic N) is 1. The Balaban J connectivity index is 1.67. The van der Waals surface area contributed by atoms with Gasteiger partial charge in [0.2, 0.25) is 0 Å². The van der Waals surface area contributed by atoms with Crippen LogP contribution in [0, 0.1) is 0 Å². The number of hydrogen-bond donors (Lipinski definition) is 2. The summed E-state index contributed by atoms with van der Waals surface area (Å²) in [5, 5.41) is 6.79. The standard InChI is InChI=1S/C20H25N3O2/c1-16(17-7-3-2-4-8-17)23-20(10-13-25-14-11-20)15-22-19(24)18-9-5-6-12-21-18/h2-9,12,16,23H,10-11,13-15H2,1H3,(H,22,24)/t16-/m0/s1. The van der Waals surface area contributed by atoms with Gasteiger partial charge in [-0.1, -0.05) is 36.4 Å². The number of rotatable bonds is 6. The quantitative estimate of drug-likeness (QED) is 0.849. The molecule has 0 saturated carbocycles. The lowest BCUT2D eigenvalue weighted by molar-refractivity contribution is 0.0332. The fourth-order valence-electron chi connectivity index (χ4n) is 3.26. The molecule has 1 amide bonds. The first-order valence-electron chi connectivity index (χ1n) is 8.78. The molecule has 0 spiro atoms. The Morgan fingerprint density at radius 1 is 1.16 bits per heavy atom. The summed E-state index contributed by atoms with van der Waals surface area (Å²) in [4.78, 5) is 16.5. The molecule has 2 aromatic rings. The van der Waals surface area contributed by atoms with Crippen LogP contribution in [0.1, 0.15) is 41.9 Å². The van der Waals surface area contributed by atoms with E-state index in [9.17, 15) is 4.79 Å². The van der Waals surface area contributed by atoms with E-state index >= 15 is 0 Å². The van der Waals surface area contributed by atoms with Gasteiger partial charge in [0.15, 0.2) is 0 Å². The molecule has 132 valence electrons. The molecule has 3 rings (SSSR count). The van der Waals surface area contributed by atoms with Crippen molar-refractivity contribution in [1.29, 1.82) is 0 Å². The molecule has 0 unspecified atom stereocenters. The zero-order valence-corrected chi connectivity index (χ0v) is 14.6. The maximum Gasteiger partial charge on any atom is 0.269 e. The van der Waals surface area contributed by atoms with Crippen molar-refractivity contribution >= 4 is 5.91 Å². The lowest BCUT2D eigenvalue weighted by Gasteiger charge is -2.40. The molecule has 1 aromatic heterocycles. The number of pyridine rings is 1. The fourth-order valence-corrected chi connectivity index (χ4v) is 3.26. The summed E-state index contributed by atoms with van der Waals surface area (Å²) in [5.41, 5.74) is 1.52. The zero-order chi connectivity index (χ0) is 17.5. The second-order valence-electron chi connectivity index (χ2n) is 6.57. The molecule has 1 fully saturated rings. The Labute approximate surface area is 148 Å². The number of carbonyl (C=O) groups is 1. The average molecular weight is 339 g/mol. The fraction of sp³-hybridized carbons (Fsp3) is 0.400. The third kappa shape index (κ3) is 4.65. The van der Waals surface area contributed by atoms with Crippen LogP contribution in [0.25, 0.3) is 0 Å². The molecule has 1 aliphatic rings. The second kappa shape index (κ2) is 8.23. The summed E-state index contributed by atoms with van der Waals surface area (Å²) < 4.78 is 5.54. The molecule has 2 N–H and O–H groups in total. The molecule has 0 aliphatic carbocycles. The van der Waals surface area contributed by atoms with Gasteiger partial charge in [0.1, 0.15) is 5.69 Å². The van der Waals surface area contributed by atoms with Crippen LogP contribution in [0.2, 0.25) is 0 Å². The van der Waals surface area contributed by atoms with Crippen molar-refractivity contribution in [3.63, 3.8) is 0 Å². The van der Waals surface area contributed by atoms with Gasteiger partial charge >= 0.3 is 0 Å². The van der Waals surface area contributed by atoms with E-state index in [0.29, 0.717) is 25.5 Å². The normalized spacial score (nSPS) is 17.6. The maximum atomic E-state index is 12.4. The van der Waals surface area contributed by atoms with Crippen molar-refractivity contribution < 1.29 is 9.53 Å². The Kier molecular flexibility index (Phi) is 5.79. The molecular formula is C20H25N3O2. The molecule has 0 bridgehead atoms. The van der Waals surface area contributed by atoms with Crippen molar-refractivity contribution in [3.8, 4) is 0 Å². The monoisotopic (exact) mass is 339 g/mol. The van der Waals surface area contributed by atoms with Crippen LogP contribution in [-0.2, 0) is 4.74 Å². The number of ether oxygens (including phenoxy) is 1. The summed E-state index contributed by atoms with van der Waals surface area (Å²) >= 11 is 0. The molecular weight excluding hydrogens is 314 g/mol. The van der Waals surface area contributed by atoms with Crippen molar-refractivity contribution in [2.75, 3.05) is 19.8 Å². The largest absolute Gasteiger partial charge is 0.381 e. The van der Waals surface area contributed by atoms with Crippen LogP contribution in [-0.4, -0.2) is 36.2 Å². The summed E-state index contributed by atoms with van der Waals surface area (Å²) in [6.45, 7) is 4.12. The first-order valence-corrected chi connectivity index (χ1v) is 8.78. The number of benzene rings is 1. The van der Waals surface area contributed by atoms with E-state index in [4.69, 9.17) is 4.74 Å². The van der Waals surface area contributed by atoms with Crippen molar-refractivity contribution in [2.24, 2.45) is 0 Å².